The molecule has 4 rings (SSSR count). The zero-order valence-electron chi connectivity index (χ0n) is 15.6. The summed E-state index contributed by atoms with van der Waals surface area (Å²) in [4.78, 5) is 14.9. The fraction of sp³-hybridized carbons (Fsp3) is 0.238. The van der Waals surface area contributed by atoms with Gasteiger partial charge in [-0.05, 0) is 75.9 Å². The van der Waals surface area contributed by atoms with Crippen LogP contribution in [0.25, 0.3) is 11.3 Å². The molecule has 1 aromatic heterocycles. The molecule has 0 spiro atoms. The third kappa shape index (κ3) is 3.42. The SMILES string of the molecule is COc1cc2c(cc1Br)CN(C(=O)c1cc(-c3ccc(F)cc3)nn1C)CC2. The van der Waals surface area contributed by atoms with Crippen molar-refractivity contribution in [3.05, 3.63) is 69.6 Å². The molecule has 0 saturated carbocycles. The molecule has 1 aliphatic heterocycles. The first-order chi connectivity index (χ1) is 13.5. The van der Waals surface area contributed by atoms with Crippen molar-refractivity contribution < 1.29 is 13.9 Å². The van der Waals surface area contributed by atoms with E-state index in [-0.39, 0.29) is 11.7 Å². The van der Waals surface area contributed by atoms with Gasteiger partial charge in [0, 0.05) is 25.7 Å². The molecule has 3 aromatic rings. The van der Waals surface area contributed by atoms with Crippen LogP contribution in [0, 0.1) is 5.82 Å². The number of carbonyl (C=O) groups is 1. The fourth-order valence-electron chi connectivity index (χ4n) is 3.48. The molecule has 0 atom stereocenters. The first kappa shape index (κ1) is 18.7. The van der Waals surface area contributed by atoms with Crippen molar-refractivity contribution in [1.29, 1.82) is 0 Å². The summed E-state index contributed by atoms with van der Waals surface area (Å²) in [5.41, 5.74) is 4.23. The summed E-state index contributed by atoms with van der Waals surface area (Å²) in [6, 6.07) is 11.9. The lowest BCUT2D eigenvalue weighted by molar-refractivity contribution is 0.0723. The second kappa shape index (κ2) is 7.39. The van der Waals surface area contributed by atoms with Gasteiger partial charge in [-0.3, -0.25) is 9.48 Å². The second-order valence-corrected chi connectivity index (χ2v) is 7.63. The highest BCUT2D eigenvalue weighted by atomic mass is 79.9. The minimum atomic E-state index is -0.300. The van der Waals surface area contributed by atoms with Crippen molar-refractivity contribution in [1.82, 2.24) is 14.7 Å². The number of ether oxygens (including phenoxy) is 1. The minimum absolute atomic E-state index is 0.0686. The summed E-state index contributed by atoms with van der Waals surface area (Å²) in [6.07, 6.45) is 0.771. The summed E-state index contributed by atoms with van der Waals surface area (Å²) in [7, 11) is 3.39. The van der Waals surface area contributed by atoms with Crippen molar-refractivity contribution >= 4 is 21.8 Å². The lowest BCUT2D eigenvalue weighted by Crippen LogP contribution is -2.36. The lowest BCUT2D eigenvalue weighted by atomic mass is 9.99. The number of amides is 1. The van der Waals surface area contributed by atoms with E-state index in [2.05, 4.69) is 21.0 Å². The maximum absolute atomic E-state index is 13.2. The molecule has 7 heteroatoms. The Kier molecular flexibility index (Phi) is 4.93. The quantitative estimate of drug-likeness (QED) is 0.609. The van der Waals surface area contributed by atoms with E-state index in [1.165, 1.54) is 17.7 Å². The largest absolute Gasteiger partial charge is 0.496 e. The Labute approximate surface area is 170 Å². The number of aromatic nitrogens is 2. The van der Waals surface area contributed by atoms with Crippen molar-refractivity contribution in [2.45, 2.75) is 13.0 Å². The van der Waals surface area contributed by atoms with Crippen LogP contribution in [-0.2, 0) is 20.0 Å². The number of fused-ring (bicyclic) bond motifs is 1. The highest BCUT2D eigenvalue weighted by Crippen LogP contribution is 2.32. The first-order valence-electron chi connectivity index (χ1n) is 8.91. The van der Waals surface area contributed by atoms with Crippen molar-refractivity contribution in [3.8, 4) is 17.0 Å². The standard InChI is InChI=1S/C21H19BrFN3O2/c1-25-19(11-18(24-25)13-3-5-16(23)6-4-13)21(27)26-8-7-14-10-20(28-2)17(22)9-15(14)12-26/h3-6,9-11H,7-8,12H2,1-2H3. The van der Waals surface area contributed by atoms with Gasteiger partial charge in [0.25, 0.3) is 5.91 Å². The number of benzene rings is 2. The molecule has 2 aromatic carbocycles. The maximum atomic E-state index is 13.2. The van der Waals surface area contributed by atoms with Crippen LogP contribution in [0.2, 0.25) is 0 Å². The Balaban J connectivity index is 1.59. The Morgan fingerprint density at radius 3 is 2.64 bits per heavy atom. The summed E-state index contributed by atoms with van der Waals surface area (Å²) in [5.74, 6) is 0.431. The Bertz CT molecular complexity index is 1050. The zero-order valence-corrected chi connectivity index (χ0v) is 17.2. The molecule has 0 unspecified atom stereocenters. The summed E-state index contributed by atoms with van der Waals surface area (Å²) in [6.45, 7) is 1.17. The second-order valence-electron chi connectivity index (χ2n) is 6.78. The van der Waals surface area contributed by atoms with E-state index in [4.69, 9.17) is 4.74 Å². The Morgan fingerprint density at radius 1 is 1.18 bits per heavy atom. The lowest BCUT2D eigenvalue weighted by Gasteiger charge is -2.29. The van der Waals surface area contributed by atoms with Crippen molar-refractivity contribution in [3.63, 3.8) is 0 Å². The molecule has 0 N–H and O–H groups in total. The van der Waals surface area contributed by atoms with Crippen LogP contribution in [-0.4, -0.2) is 34.2 Å². The molecule has 144 valence electrons. The van der Waals surface area contributed by atoms with E-state index < -0.39 is 0 Å². The number of aryl methyl sites for hydroxylation is 1. The van der Waals surface area contributed by atoms with Crippen LogP contribution in [0.1, 0.15) is 21.6 Å². The predicted octanol–water partition coefficient (Wildman–Crippen LogP) is 4.20. The van der Waals surface area contributed by atoms with Gasteiger partial charge in [0.1, 0.15) is 17.3 Å². The molecule has 2 heterocycles. The number of hydrogen-bond acceptors (Lipinski definition) is 3. The van der Waals surface area contributed by atoms with Gasteiger partial charge in [-0.2, -0.15) is 5.10 Å². The molecule has 5 nitrogen and oxygen atoms in total. The van der Waals surface area contributed by atoms with Gasteiger partial charge >= 0.3 is 0 Å². The number of hydrogen-bond donors (Lipinski definition) is 0. The van der Waals surface area contributed by atoms with Crippen LogP contribution >= 0.6 is 15.9 Å². The predicted molar refractivity (Wildman–Crippen MR) is 108 cm³/mol. The summed E-state index contributed by atoms with van der Waals surface area (Å²) in [5, 5.41) is 4.43. The zero-order chi connectivity index (χ0) is 19.8. The van der Waals surface area contributed by atoms with Crippen LogP contribution in [0.4, 0.5) is 4.39 Å². The van der Waals surface area contributed by atoms with Crippen LogP contribution in [0.3, 0.4) is 0 Å². The number of methoxy groups -OCH3 is 1. The van der Waals surface area contributed by atoms with E-state index in [0.29, 0.717) is 24.5 Å². The summed E-state index contributed by atoms with van der Waals surface area (Å²) >= 11 is 3.51. The van der Waals surface area contributed by atoms with E-state index in [9.17, 15) is 9.18 Å². The number of halogens is 2. The molecule has 0 aliphatic carbocycles. The van der Waals surface area contributed by atoms with Crippen molar-refractivity contribution in [2.24, 2.45) is 7.05 Å². The van der Waals surface area contributed by atoms with Crippen molar-refractivity contribution in [2.75, 3.05) is 13.7 Å². The molecule has 0 bridgehead atoms. The molecular weight excluding hydrogens is 425 g/mol. The highest BCUT2D eigenvalue weighted by molar-refractivity contribution is 9.10. The van der Waals surface area contributed by atoms with Gasteiger partial charge in [0.15, 0.2) is 0 Å². The molecular formula is C21H19BrFN3O2. The maximum Gasteiger partial charge on any atom is 0.272 e. The third-order valence-corrected chi connectivity index (χ3v) is 5.63. The van der Waals surface area contributed by atoms with Crippen LogP contribution in [0.5, 0.6) is 5.75 Å². The van der Waals surface area contributed by atoms with E-state index in [1.54, 1.807) is 37.0 Å². The van der Waals surface area contributed by atoms with Gasteiger partial charge < -0.3 is 9.64 Å². The average Bonchev–Trinajstić information content (AvgIpc) is 3.08. The number of rotatable bonds is 3. The van der Waals surface area contributed by atoms with Gasteiger partial charge in [-0.15, -0.1) is 0 Å². The molecule has 28 heavy (non-hydrogen) atoms. The normalized spacial score (nSPS) is 13.4. The van der Waals surface area contributed by atoms with E-state index in [1.807, 2.05) is 17.0 Å². The third-order valence-electron chi connectivity index (χ3n) is 5.01. The first-order valence-corrected chi connectivity index (χ1v) is 9.70. The number of nitrogens with zero attached hydrogens (tertiary/aromatic N) is 3. The van der Waals surface area contributed by atoms with Gasteiger partial charge in [-0.25, -0.2) is 4.39 Å². The topological polar surface area (TPSA) is 47.4 Å². The Hall–Kier alpha value is -2.67. The smallest absolute Gasteiger partial charge is 0.272 e. The van der Waals surface area contributed by atoms with Gasteiger partial charge in [0.05, 0.1) is 17.3 Å². The monoisotopic (exact) mass is 443 g/mol. The van der Waals surface area contributed by atoms with Crippen LogP contribution < -0.4 is 4.74 Å². The minimum Gasteiger partial charge on any atom is -0.496 e. The van der Waals surface area contributed by atoms with E-state index >= 15 is 0 Å². The molecule has 0 fully saturated rings. The Morgan fingerprint density at radius 2 is 1.93 bits per heavy atom. The van der Waals surface area contributed by atoms with E-state index in [0.717, 1.165) is 27.8 Å². The molecule has 1 amide bonds. The molecule has 1 aliphatic rings. The fourth-order valence-corrected chi connectivity index (χ4v) is 4.03. The molecule has 0 radical (unpaired) electrons. The van der Waals surface area contributed by atoms with Gasteiger partial charge in [-0.1, -0.05) is 0 Å². The van der Waals surface area contributed by atoms with Gasteiger partial charge in [0.2, 0.25) is 0 Å². The highest BCUT2D eigenvalue weighted by Gasteiger charge is 2.25. The van der Waals surface area contributed by atoms with Crippen LogP contribution in [0.15, 0.2) is 46.9 Å². The average molecular weight is 444 g/mol. The molecule has 0 saturated heterocycles. The summed E-state index contributed by atoms with van der Waals surface area (Å²) < 4.78 is 21.0. The number of carbonyl (C=O) groups excluding carboxylic acids is 1.